The quantitative estimate of drug-likeness (QED) is 0.0814. The minimum Gasteiger partial charge on any atom is -0.489 e. The molecule has 11 heteroatoms. The third-order valence-corrected chi connectivity index (χ3v) is 9.21. The number of anilines is 2. The zero-order chi connectivity index (χ0) is 36.5. The summed E-state index contributed by atoms with van der Waals surface area (Å²) in [4.78, 5) is 66.3. The number of esters is 1. The van der Waals surface area contributed by atoms with Crippen LogP contribution in [0.15, 0.2) is 144 Å². The molecule has 2 N–H and O–H groups in total. The molecule has 5 aromatic rings. The Bertz CT molecular complexity index is 2100. The molecular formula is C41H33N3O7S. The maximum Gasteiger partial charge on any atom is 0.337 e. The van der Waals surface area contributed by atoms with Crippen molar-refractivity contribution in [2.75, 3.05) is 17.3 Å². The van der Waals surface area contributed by atoms with Gasteiger partial charge in [-0.2, -0.15) is 0 Å². The summed E-state index contributed by atoms with van der Waals surface area (Å²) in [6.07, 6.45) is 1.59. The summed E-state index contributed by atoms with van der Waals surface area (Å²) in [6, 6.07) is 38.5. The lowest BCUT2D eigenvalue weighted by atomic mass is 10.1. The summed E-state index contributed by atoms with van der Waals surface area (Å²) in [6.45, 7) is 0.412. The van der Waals surface area contributed by atoms with Gasteiger partial charge in [0.05, 0.1) is 23.6 Å². The van der Waals surface area contributed by atoms with Crippen molar-refractivity contribution in [1.82, 2.24) is 5.32 Å². The first-order chi connectivity index (χ1) is 25.3. The van der Waals surface area contributed by atoms with E-state index in [9.17, 15) is 24.0 Å². The minimum absolute atomic E-state index is 0.0101. The van der Waals surface area contributed by atoms with Crippen molar-refractivity contribution in [2.45, 2.75) is 23.2 Å². The highest BCUT2D eigenvalue weighted by Crippen LogP contribution is 2.34. The van der Waals surface area contributed by atoms with Crippen molar-refractivity contribution >= 4 is 58.8 Å². The van der Waals surface area contributed by atoms with E-state index in [4.69, 9.17) is 9.47 Å². The molecule has 6 rings (SSSR count). The van der Waals surface area contributed by atoms with E-state index in [-0.39, 0.29) is 23.9 Å². The zero-order valence-electron chi connectivity index (χ0n) is 28.0. The fourth-order valence-corrected chi connectivity index (χ4v) is 6.38. The second-order valence-corrected chi connectivity index (χ2v) is 12.9. The summed E-state index contributed by atoms with van der Waals surface area (Å²) in [5.41, 5.74) is 3.27. The van der Waals surface area contributed by atoms with Crippen molar-refractivity contribution in [3.63, 3.8) is 0 Å². The first kappa shape index (κ1) is 35.4. The lowest BCUT2D eigenvalue weighted by Crippen LogP contribution is -2.31. The molecule has 1 heterocycles. The van der Waals surface area contributed by atoms with E-state index in [1.807, 2.05) is 30.3 Å². The lowest BCUT2D eigenvalue weighted by molar-refractivity contribution is -0.121. The number of hydrogen-bond acceptors (Lipinski definition) is 8. The Morgan fingerprint density at radius 3 is 2.10 bits per heavy atom. The second kappa shape index (κ2) is 16.5. The predicted molar refractivity (Wildman–Crippen MR) is 199 cm³/mol. The number of nitrogens with one attached hydrogen (secondary N) is 2. The van der Waals surface area contributed by atoms with E-state index in [1.165, 1.54) is 43.1 Å². The fourth-order valence-electron chi connectivity index (χ4n) is 5.32. The third-order valence-electron chi connectivity index (χ3n) is 8.01. The van der Waals surface area contributed by atoms with Crippen LogP contribution in [0.3, 0.4) is 0 Å². The molecule has 0 spiro atoms. The van der Waals surface area contributed by atoms with Crippen LogP contribution >= 0.6 is 11.8 Å². The number of hydrogen-bond donors (Lipinski definition) is 2. The average molecular weight is 712 g/mol. The average Bonchev–Trinajstić information content (AvgIpc) is 3.46. The number of nitrogens with zero attached hydrogens (tertiary/aromatic N) is 1. The monoisotopic (exact) mass is 711 g/mol. The van der Waals surface area contributed by atoms with Crippen molar-refractivity contribution in [3.8, 4) is 5.75 Å². The van der Waals surface area contributed by atoms with Gasteiger partial charge in [-0.15, -0.1) is 11.8 Å². The van der Waals surface area contributed by atoms with Gasteiger partial charge in [-0.1, -0.05) is 60.7 Å². The van der Waals surface area contributed by atoms with Crippen LogP contribution in [-0.4, -0.2) is 42.0 Å². The van der Waals surface area contributed by atoms with Crippen molar-refractivity contribution < 1.29 is 33.4 Å². The van der Waals surface area contributed by atoms with Crippen molar-refractivity contribution in [1.29, 1.82) is 0 Å². The van der Waals surface area contributed by atoms with E-state index in [1.54, 1.807) is 84.9 Å². The number of benzene rings is 5. The Morgan fingerprint density at radius 2 is 1.44 bits per heavy atom. The minimum atomic E-state index is -0.647. The molecule has 0 aliphatic carbocycles. The fraction of sp³-hybridized carbons (Fsp3) is 0.0976. The largest absolute Gasteiger partial charge is 0.489 e. The Kier molecular flexibility index (Phi) is 11.2. The summed E-state index contributed by atoms with van der Waals surface area (Å²) in [5, 5.41) is 4.92. The van der Waals surface area contributed by atoms with E-state index < -0.39 is 23.0 Å². The Hall–Kier alpha value is -6.46. The number of methoxy groups -OCH3 is 1. The van der Waals surface area contributed by atoms with Crippen LogP contribution in [0.5, 0.6) is 5.75 Å². The maximum atomic E-state index is 13.6. The Labute approximate surface area is 304 Å². The SMILES string of the molecule is COC(=O)c1ccc(N2C(=O)CC(Sc3ccc(NC(=O)/C(=C/c4ccc(OCc5ccccc5)cc4)NC(=O)c4ccccc4)cc3)C2=O)cc1. The molecule has 4 amide bonds. The standard InChI is InChI=1S/C41H33N3O7S/c1-50-41(49)30-14-18-32(19-15-30)44-37(45)25-36(40(44)48)52-34-22-16-31(17-23-34)42-39(47)35(43-38(46)29-10-6-3-7-11-29)24-27-12-20-33(21-13-27)51-26-28-8-4-2-5-9-28/h2-24,36H,25-26H2,1H3,(H,42,47)(H,43,46)/b35-24-. The maximum absolute atomic E-state index is 13.6. The van der Waals surface area contributed by atoms with Gasteiger partial charge in [-0.3, -0.25) is 19.2 Å². The van der Waals surface area contributed by atoms with Gasteiger partial charge in [-0.25, -0.2) is 9.69 Å². The molecule has 0 aromatic heterocycles. The van der Waals surface area contributed by atoms with Crippen LogP contribution < -0.4 is 20.3 Å². The topological polar surface area (TPSA) is 131 Å². The molecule has 260 valence electrons. The summed E-state index contributed by atoms with van der Waals surface area (Å²) in [7, 11) is 1.28. The molecule has 1 saturated heterocycles. The second-order valence-electron chi connectivity index (χ2n) is 11.6. The van der Waals surface area contributed by atoms with Crippen molar-refractivity contribution in [3.05, 3.63) is 161 Å². The number of ether oxygens (including phenoxy) is 2. The van der Waals surface area contributed by atoms with Crippen LogP contribution in [0.25, 0.3) is 6.08 Å². The molecule has 1 aliphatic heterocycles. The highest BCUT2D eigenvalue weighted by Gasteiger charge is 2.40. The molecule has 1 aliphatic rings. The summed E-state index contributed by atoms with van der Waals surface area (Å²) < 4.78 is 10.6. The van der Waals surface area contributed by atoms with Gasteiger partial charge < -0.3 is 20.1 Å². The number of carbonyl (C=O) groups is 5. The predicted octanol–water partition coefficient (Wildman–Crippen LogP) is 6.89. The molecule has 1 atom stereocenters. The van der Waals surface area contributed by atoms with Crippen LogP contribution in [0, 0.1) is 0 Å². The van der Waals surface area contributed by atoms with Gasteiger partial charge in [0.25, 0.3) is 11.8 Å². The van der Waals surface area contributed by atoms with Crippen LogP contribution in [0.4, 0.5) is 11.4 Å². The Balaban J connectivity index is 1.12. The van der Waals surface area contributed by atoms with Crippen molar-refractivity contribution in [2.24, 2.45) is 0 Å². The number of imide groups is 1. The number of carbonyl (C=O) groups excluding carboxylic acids is 5. The smallest absolute Gasteiger partial charge is 0.337 e. The Morgan fingerprint density at radius 1 is 0.788 bits per heavy atom. The first-order valence-electron chi connectivity index (χ1n) is 16.3. The number of rotatable bonds is 12. The van der Waals surface area contributed by atoms with E-state index in [0.29, 0.717) is 40.4 Å². The highest BCUT2D eigenvalue weighted by molar-refractivity contribution is 8.00. The molecule has 10 nitrogen and oxygen atoms in total. The van der Waals surface area contributed by atoms with Crippen LogP contribution in [0.2, 0.25) is 0 Å². The first-order valence-corrected chi connectivity index (χ1v) is 17.1. The molecule has 0 saturated carbocycles. The van der Waals surface area contributed by atoms with Gasteiger partial charge in [0.15, 0.2) is 0 Å². The molecule has 5 aromatic carbocycles. The van der Waals surface area contributed by atoms with Crippen LogP contribution in [0.1, 0.15) is 38.3 Å². The molecule has 52 heavy (non-hydrogen) atoms. The lowest BCUT2D eigenvalue weighted by Gasteiger charge is -2.15. The normalized spacial score (nSPS) is 14.1. The number of thioether (sulfide) groups is 1. The van der Waals surface area contributed by atoms with Crippen LogP contribution in [-0.2, 0) is 25.7 Å². The number of amides is 4. The highest BCUT2D eigenvalue weighted by atomic mass is 32.2. The van der Waals surface area contributed by atoms with Gasteiger partial charge >= 0.3 is 5.97 Å². The molecule has 1 unspecified atom stereocenters. The molecule has 0 radical (unpaired) electrons. The van der Waals surface area contributed by atoms with Gasteiger partial charge in [-0.05, 0) is 90.0 Å². The summed E-state index contributed by atoms with van der Waals surface area (Å²) in [5.74, 6) is -1.55. The van der Waals surface area contributed by atoms with Gasteiger partial charge in [0, 0.05) is 22.6 Å². The van der Waals surface area contributed by atoms with Gasteiger partial charge in [0.1, 0.15) is 18.1 Å². The summed E-state index contributed by atoms with van der Waals surface area (Å²) >= 11 is 1.24. The van der Waals surface area contributed by atoms with Gasteiger partial charge in [0.2, 0.25) is 11.8 Å². The zero-order valence-corrected chi connectivity index (χ0v) is 28.8. The third kappa shape index (κ3) is 8.82. The van der Waals surface area contributed by atoms with E-state index in [2.05, 4.69) is 10.6 Å². The molecule has 0 bridgehead atoms. The van der Waals surface area contributed by atoms with E-state index >= 15 is 0 Å². The molecule has 1 fully saturated rings. The van der Waals surface area contributed by atoms with E-state index in [0.717, 1.165) is 15.4 Å². The molecular weight excluding hydrogens is 679 g/mol.